The van der Waals surface area contributed by atoms with Gasteiger partial charge in [-0.05, 0) is 49.8 Å². The summed E-state index contributed by atoms with van der Waals surface area (Å²) in [5.74, 6) is -1.73. The van der Waals surface area contributed by atoms with Gasteiger partial charge < -0.3 is 31.1 Å². The van der Waals surface area contributed by atoms with E-state index in [-0.39, 0.29) is 30.9 Å². The lowest BCUT2D eigenvalue weighted by molar-refractivity contribution is -0.132. The van der Waals surface area contributed by atoms with Gasteiger partial charge in [-0.25, -0.2) is 0 Å². The lowest BCUT2D eigenvalue weighted by Crippen LogP contribution is -2.56. The molecule has 216 valence electrons. The van der Waals surface area contributed by atoms with Crippen molar-refractivity contribution in [3.63, 3.8) is 0 Å². The van der Waals surface area contributed by atoms with Crippen molar-refractivity contribution in [3.8, 4) is 5.75 Å². The number of aliphatic hydroxyl groups is 1. The first-order chi connectivity index (χ1) is 19.2. The molecule has 4 amide bonds. The number of aryl methyl sites for hydroxylation is 1. The Morgan fingerprint density at radius 1 is 1.00 bits per heavy atom. The Morgan fingerprint density at radius 2 is 1.70 bits per heavy atom. The highest BCUT2D eigenvalue weighted by Gasteiger charge is 2.30. The van der Waals surface area contributed by atoms with Crippen molar-refractivity contribution in [3.05, 3.63) is 65.7 Å². The first-order valence-corrected chi connectivity index (χ1v) is 13.8. The maximum atomic E-state index is 13.3. The SMILES string of the molecule is CC(C)[C@H]1COc2ccccc2C(=O)N[C@H](C(=O)NCCCc2ccccc2)CCC(=O)N[C@@H]([C@@H](C)O)C(=O)N1. The molecule has 5 N–H and O–H groups in total. The van der Waals surface area contributed by atoms with E-state index in [0.29, 0.717) is 18.7 Å². The van der Waals surface area contributed by atoms with Crippen LogP contribution in [0.15, 0.2) is 54.6 Å². The van der Waals surface area contributed by atoms with E-state index in [1.807, 2.05) is 44.2 Å². The number of para-hydroxylation sites is 1. The van der Waals surface area contributed by atoms with E-state index in [9.17, 15) is 24.3 Å². The van der Waals surface area contributed by atoms with Gasteiger partial charge in [-0.15, -0.1) is 0 Å². The van der Waals surface area contributed by atoms with E-state index in [4.69, 9.17) is 4.74 Å². The Hall–Kier alpha value is -3.92. The Bertz CT molecular complexity index is 1150. The summed E-state index contributed by atoms with van der Waals surface area (Å²) in [6, 6.07) is 13.9. The van der Waals surface area contributed by atoms with Crippen LogP contribution >= 0.6 is 0 Å². The maximum Gasteiger partial charge on any atom is 0.255 e. The van der Waals surface area contributed by atoms with Crippen molar-refractivity contribution < 1.29 is 29.0 Å². The molecular formula is C30H40N4O6. The summed E-state index contributed by atoms with van der Waals surface area (Å²) in [7, 11) is 0. The van der Waals surface area contributed by atoms with E-state index < -0.39 is 47.9 Å². The van der Waals surface area contributed by atoms with Crippen LogP contribution in [0.1, 0.15) is 56.0 Å². The molecule has 0 aliphatic carbocycles. The number of fused-ring (bicyclic) bond motifs is 1. The molecule has 0 saturated carbocycles. The summed E-state index contributed by atoms with van der Waals surface area (Å²) < 4.78 is 5.96. The first kappa shape index (κ1) is 30.6. The Morgan fingerprint density at radius 3 is 2.40 bits per heavy atom. The molecule has 0 saturated heterocycles. The molecule has 2 aromatic rings. The van der Waals surface area contributed by atoms with Crippen LogP contribution in [0.25, 0.3) is 0 Å². The Kier molecular flexibility index (Phi) is 11.5. The van der Waals surface area contributed by atoms with Gasteiger partial charge in [0.2, 0.25) is 17.7 Å². The van der Waals surface area contributed by atoms with E-state index >= 15 is 0 Å². The number of carbonyl (C=O) groups is 4. The normalized spacial score (nSPS) is 21.4. The molecule has 0 fully saturated rings. The second-order valence-corrected chi connectivity index (χ2v) is 10.4. The van der Waals surface area contributed by atoms with Gasteiger partial charge in [-0.2, -0.15) is 0 Å². The maximum absolute atomic E-state index is 13.3. The highest BCUT2D eigenvalue weighted by atomic mass is 16.5. The summed E-state index contributed by atoms with van der Waals surface area (Å²) >= 11 is 0. The van der Waals surface area contributed by atoms with Crippen LogP contribution in [0.5, 0.6) is 5.75 Å². The van der Waals surface area contributed by atoms with Gasteiger partial charge >= 0.3 is 0 Å². The van der Waals surface area contributed by atoms with Crippen molar-refractivity contribution in [1.29, 1.82) is 0 Å². The van der Waals surface area contributed by atoms with Crippen LogP contribution in [-0.2, 0) is 20.8 Å². The number of rotatable bonds is 7. The Balaban J connectivity index is 1.79. The molecule has 1 heterocycles. The van der Waals surface area contributed by atoms with Gasteiger partial charge in [0, 0.05) is 13.0 Å². The number of benzene rings is 2. The van der Waals surface area contributed by atoms with Gasteiger partial charge in [0.15, 0.2) is 0 Å². The fourth-order valence-electron chi connectivity index (χ4n) is 4.34. The third kappa shape index (κ3) is 9.08. The highest BCUT2D eigenvalue weighted by molar-refractivity contribution is 5.99. The van der Waals surface area contributed by atoms with Crippen molar-refractivity contribution in [2.45, 2.75) is 70.7 Å². The minimum atomic E-state index is -1.19. The molecule has 2 aromatic carbocycles. The van der Waals surface area contributed by atoms with Crippen LogP contribution in [-0.4, -0.2) is 66.1 Å². The summed E-state index contributed by atoms with van der Waals surface area (Å²) in [5, 5.41) is 21.2. The van der Waals surface area contributed by atoms with Crippen LogP contribution in [0, 0.1) is 5.92 Å². The first-order valence-electron chi connectivity index (χ1n) is 13.8. The average molecular weight is 553 g/mol. The molecule has 0 unspecified atom stereocenters. The number of carbonyl (C=O) groups excluding carboxylic acids is 4. The minimum absolute atomic E-state index is 0.00607. The number of aliphatic hydroxyl groups excluding tert-OH is 1. The predicted molar refractivity (Wildman–Crippen MR) is 151 cm³/mol. The second kappa shape index (κ2) is 15.0. The van der Waals surface area contributed by atoms with E-state index in [2.05, 4.69) is 21.3 Å². The van der Waals surface area contributed by atoms with Crippen molar-refractivity contribution >= 4 is 23.6 Å². The smallest absolute Gasteiger partial charge is 0.255 e. The summed E-state index contributed by atoms with van der Waals surface area (Å²) in [6.07, 6.45) is 0.178. The minimum Gasteiger partial charge on any atom is -0.491 e. The number of ether oxygens (including phenoxy) is 1. The van der Waals surface area contributed by atoms with Crippen LogP contribution < -0.4 is 26.0 Å². The molecule has 10 nitrogen and oxygen atoms in total. The summed E-state index contributed by atoms with van der Waals surface area (Å²) in [5.41, 5.74) is 1.39. The quantitative estimate of drug-likeness (QED) is 0.331. The largest absolute Gasteiger partial charge is 0.491 e. The van der Waals surface area contributed by atoms with Crippen LogP contribution in [0.3, 0.4) is 0 Å². The average Bonchev–Trinajstić information content (AvgIpc) is 2.94. The number of nitrogens with one attached hydrogen (secondary N) is 4. The van der Waals surface area contributed by atoms with Gasteiger partial charge in [0.25, 0.3) is 5.91 Å². The van der Waals surface area contributed by atoms with Crippen molar-refractivity contribution in [2.75, 3.05) is 13.2 Å². The molecule has 0 aromatic heterocycles. The van der Waals surface area contributed by atoms with Crippen LogP contribution in [0.4, 0.5) is 0 Å². The predicted octanol–water partition coefficient (Wildman–Crippen LogP) is 1.71. The number of hydrogen-bond donors (Lipinski definition) is 5. The molecule has 0 radical (unpaired) electrons. The topological polar surface area (TPSA) is 146 Å². The zero-order chi connectivity index (χ0) is 29.1. The number of hydrogen-bond acceptors (Lipinski definition) is 6. The monoisotopic (exact) mass is 552 g/mol. The molecule has 40 heavy (non-hydrogen) atoms. The van der Waals surface area contributed by atoms with Gasteiger partial charge in [-0.1, -0.05) is 56.3 Å². The molecule has 10 heteroatoms. The zero-order valence-electron chi connectivity index (χ0n) is 23.3. The molecule has 1 aliphatic rings. The van der Waals surface area contributed by atoms with Crippen molar-refractivity contribution in [1.82, 2.24) is 21.3 Å². The second-order valence-electron chi connectivity index (χ2n) is 10.4. The third-order valence-electron chi connectivity index (χ3n) is 6.83. The highest BCUT2D eigenvalue weighted by Crippen LogP contribution is 2.20. The summed E-state index contributed by atoms with van der Waals surface area (Å²) in [6.45, 7) is 5.67. The molecule has 3 rings (SSSR count). The van der Waals surface area contributed by atoms with E-state index in [0.717, 1.165) is 12.0 Å². The fourth-order valence-corrected chi connectivity index (χ4v) is 4.34. The lowest BCUT2D eigenvalue weighted by Gasteiger charge is -2.27. The zero-order valence-corrected chi connectivity index (χ0v) is 23.3. The lowest BCUT2D eigenvalue weighted by atomic mass is 10.0. The molecule has 4 atom stereocenters. The Labute approximate surface area is 235 Å². The third-order valence-corrected chi connectivity index (χ3v) is 6.83. The molecular weight excluding hydrogens is 512 g/mol. The standard InChI is InChI=1S/C30H40N4O6/c1-19(2)24-18-40-25-14-8-7-13-22(25)28(37)32-23(15-16-26(36)34-27(20(3)35)30(39)33-24)29(38)31-17-9-12-21-10-5-4-6-11-21/h4-8,10-11,13-14,19-20,23-24,27,35H,9,12,15-18H2,1-3H3,(H,31,38)(H,32,37)(H,33,39)(H,34,36)/t20-,23+,24-,27+/m1/s1. The molecule has 1 aliphatic heterocycles. The van der Waals surface area contributed by atoms with E-state index in [1.54, 1.807) is 24.3 Å². The van der Waals surface area contributed by atoms with Crippen LogP contribution in [0.2, 0.25) is 0 Å². The van der Waals surface area contributed by atoms with Gasteiger partial charge in [-0.3, -0.25) is 19.2 Å². The van der Waals surface area contributed by atoms with Gasteiger partial charge in [0.05, 0.1) is 17.7 Å². The molecule has 0 spiro atoms. The molecule has 0 bridgehead atoms. The fraction of sp³-hybridized carbons (Fsp3) is 0.467. The van der Waals surface area contributed by atoms with E-state index in [1.165, 1.54) is 6.92 Å². The number of amides is 4. The van der Waals surface area contributed by atoms with Crippen molar-refractivity contribution in [2.24, 2.45) is 5.92 Å². The summed E-state index contributed by atoms with van der Waals surface area (Å²) in [4.78, 5) is 52.2. The van der Waals surface area contributed by atoms with Gasteiger partial charge in [0.1, 0.15) is 24.4 Å².